The summed E-state index contributed by atoms with van der Waals surface area (Å²) < 4.78 is 0. The van der Waals surface area contributed by atoms with Crippen LogP contribution in [0.25, 0.3) is 0 Å². The van der Waals surface area contributed by atoms with Crippen LogP contribution in [0.1, 0.15) is 34.6 Å². The number of anilines is 2. The summed E-state index contributed by atoms with van der Waals surface area (Å²) in [4.78, 5) is 37.6. The van der Waals surface area contributed by atoms with Gasteiger partial charge in [-0.2, -0.15) is 5.10 Å². The molecule has 2 aliphatic rings. The lowest BCUT2D eigenvalue weighted by molar-refractivity contribution is -0.137. The maximum absolute atomic E-state index is 12.6. The van der Waals surface area contributed by atoms with E-state index in [1.807, 2.05) is 0 Å². The number of likely N-dealkylation sites (tertiary alicyclic amines) is 1. The molecule has 0 radical (unpaired) electrons. The Labute approximate surface area is 166 Å². The Morgan fingerprint density at radius 3 is 2.93 bits per heavy atom. The number of amides is 3. The van der Waals surface area contributed by atoms with E-state index in [0.717, 1.165) is 0 Å². The normalized spacial score (nSPS) is 20.6. The first-order chi connectivity index (χ1) is 13.9. The molecule has 0 bridgehead atoms. The number of fused-ring (bicyclic) bond motifs is 1. The maximum Gasteiger partial charge on any atom is 0.278 e. The number of nitrogens with one attached hydrogen (secondary N) is 3. The molecule has 2 aliphatic heterocycles. The van der Waals surface area contributed by atoms with E-state index < -0.39 is 17.4 Å². The average molecular weight is 393 g/mol. The zero-order chi connectivity index (χ0) is 20.6. The lowest BCUT2D eigenvalue weighted by Gasteiger charge is -2.13. The Hall–Kier alpha value is -3.64. The largest absolute Gasteiger partial charge is 0.369 e. The van der Waals surface area contributed by atoms with Gasteiger partial charge in [0.25, 0.3) is 11.8 Å². The number of aromatic amines is 1. The third-order valence-electron chi connectivity index (χ3n) is 4.97. The smallest absolute Gasteiger partial charge is 0.278 e. The van der Waals surface area contributed by atoms with Crippen LogP contribution in [0.2, 0.25) is 0 Å². The zero-order valence-corrected chi connectivity index (χ0v) is 15.7. The van der Waals surface area contributed by atoms with Crippen molar-refractivity contribution in [3.8, 4) is 11.8 Å². The van der Waals surface area contributed by atoms with Crippen LogP contribution in [0.15, 0.2) is 24.3 Å². The van der Waals surface area contributed by atoms with E-state index in [1.165, 1.54) is 4.90 Å². The second-order valence-electron chi connectivity index (χ2n) is 7.10. The number of rotatable bonds is 2. The van der Waals surface area contributed by atoms with Crippen LogP contribution in [0.5, 0.6) is 0 Å². The molecule has 0 aliphatic carbocycles. The van der Waals surface area contributed by atoms with Crippen molar-refractivity contribution in [2.45, 2.75) is 24.9 Å². The second kappa shape index (κ2) is 7.07. The van der Waals surface area contributed by atoms with Gasteiger partial charge in [-0.25, -0.2) is 0 Å². The third-order valence-corrected chi connectivity index (χ3v) is 4.97. The van der Waals surface area contributed by atoms with Gasteiger partial charge >= 0.3 is 0 Å². The first-order valence-electron chi connectivity index (χ1n) is 9.15. The minimum Gasteiger partial charge on any atom is -0.369 e. The highest BCUT2D eigenvalue weighted by molar-refractivity contribution is 6.09. The Morgan fingerprint density at radius 2 is 2.17 bits per heavy atom. The molecule has 29 heavy (non-hydrogen) atoms. The molecule has 3 heterocycles. The molecule has 0 unspecified atom stereocenters. The summed E-state index contributed by atoms with van der Waals surface area (Å²) in [6, 6.07) is 6.74. The minimum absolute atomic E-state index is 0.110. The number of hydrogen-bond donors (Lipinski definition) is 4. The topological polar surface area (TPSA) is 127 Å². The fourth-order valence-corrected chi connectivity index (χ4v) is 3.31. The Kier molecular flexibility index (Phi) is 4.56. The second-order valence-corrected chi connectivity index (χ2v) is 7.10. The Balaban J connectivity index is 1.51. The van der Waals surface area contributed by atoms with Gasteiger partial charge in [0, 0.05) is 37.7 Å². The lowest BCUT2D eigenvalue weighted by Crippen LogP contribution is -2.37. The number of H-pyrrole nitrogens is 1. The van der Waals surface area contributed by atoms with Gasteiger partial charge in [0.1, 0.15) is 0 Å². The summed E-state index contributed by atoms with van der Waals surface area (Å²) in [7, 11) is 1.62. The van der Waals surface area contributed by atoms with Crippen LogP contribution in [0, 0.1) is 11.8 Å². The van der Waals surface area contributed by atoms with E-state index in [2.05, 4.69) is 32.7 Å². The SMILES string of the molecule is CN1CC[C@@](O)(C#Cc2cccc(NC(=O)c3n[nH]c4c3NC(=O)CC4)c2)C1=O. The van der Waals surface area contributed by atoms with E-state index in [1.54, 1.807) is 31.3 Å². The van der Waals surface area contributed by atoms with Crippen LogP contribution in [0.3, 0.4) is 0 Å². The number of benzene rings is 1. The maximum atomic E-state index is 12.6. The standard InChI is InChI=1S/C20H19N5O4/c1-25-10-9-20(29,19(25)28)8-7-12-3-2-4-13(11-12)21-18(27)17-16-14(23-24-17)5-6-15(26)22-16/h2-4,11,29H,5-6,9-10H2,1H3,(H,21,27)(H,22,26)(H,23,24)/t20-/m0/s1. The molecular weight excluding hydrogens is 374 g/mol. The molecule has 1 aromatic carbocycles. The molecule has 148 valence electrons. The number of hydrogen-bond acceptors (Lipinski definition) is 5. The van der Waals surface area contributed by atoms with Crippen molar-refractivity contribution < 1.29 is 19.5 Å². The van der Waals surface area contributed by atoms with Crippen molar-refractivity contribution in [1.82, 2.24) is 15.1 Å². The molecular formula is C20H19N5O4. The minimum atomic E-state index is -1.68. The molecule has 3 amide bonds. The van der Waals surface area contributed by atoms with Crippen LogP contribution in [0.4, 0.5) is 11.4 Å². The van der Waals surface area contributed by atoms with Crippen molar-refractivity contribution >= 4 is 29.1 Å². The van der Waals surface area contributed by atoms with Crippen molar-refractivity contribution in [3.05, 3.63) is 41.2 Å². The van der Waals surface area contributed by atoms with Crippen LogP contribution < -0.4 is 10.6 Å². The molecule has 0 spiro atoms. The average Bonchev–Trinajstić information content (AvgIpc) is 3.23. The summed E-state index contributed by atoms with van der Waals surface area (Å²) >= 11 is 0. The summed E-state index contributed by atoms with van der Waals surface area (Å²) in [6.45, 7) is 0.449. The van der Waals surface area contributed by atoms with Gasteiger partial charge in [-0.15, -0.1) is 0 Å². The molecule has 2 aromatic rings. The van der Waals surface area contributed by atoms with E-state index in [-0.39, 0.29) is 18.0 Å². The Morgan fingerprint density at radius 1 is 1.34 bits per heavy atom. The van der Waals surface area contributed by atoms with Crippen molar-refractivity contribution in [2.24, 2.45) is 0 Å². The molecule has 0 saturated carbocycles. The van der Waals surface area contributed by atoms with E-state index in [9.17, 15) is 19.5 Å². The van der Waals surface area contributed by atoms with E-state index in [4.69, 9.17) is 0 Å². The predicted molar refractivity (Wildman–Crippen MR) is 104 cm³/mol. The summed E-state index contributed by atoms with van der Waals surface area (Å²) in [6.07, 6.45) is 1.10. The molecule has 1 aromatic heterocycles. The predicted octanol–water partition coefficient (Wildman–Crippen LogP) is 0.491. The highest BCUT2D eigenvalue weighted by Crippen LogP contribution is 2.25. The molecule has 9 heteroatoms. The van der Waals surface area contributed by atoms with Crippen LogP contribution in [-0.4, -0.2) is 57.1 Å². The number of carbonyl (C=O) groups excluding carboxylic acids is 3. The highest BCUT2D eigenvalue weighted by Gasteiger charge is 2.42. The molecule has 4 N–H and O–H groups in total. The number of aryl methyl sites for hydroxylation is 1. The first kappa shape index (κ1) is 18.7. The molecule has 1 fully saturated rings. The van der Waals surface area contributed by atoms with Gasteiger partial charge in [0.15, 0.2) is 5.69 Å². The first-order valence-corrected chi connectivity index (χ1v) is 9.15. The number of nitrogens with zero attached hydrogens (tertiary/aromatic N) is 2. The molecule has 1 atom stereocenters. The number of aliphatic hydroxyl groups is 1. The van der Waals surface area contributed by atoms with Crippen molar-refractivity contribution in [2.75, 3.05) is 24.2 Å². The van der Waals surface area contributed by atoms with Gasteiger partial charge in [0.05, 0.1) is 11.4 Å². The Bertz CT molecular complexity index is 1080. The summed E-state index contributed by atoms with van der Waals surface area (Å²) in [5, 5.41) is 22.6. The van der Waals surface area contributed by atoms with Crippen molar-refractivity contribution in [1.29, 1.82) is 0 Å². The fourth-order valence-electron chi connectivity index (χ4n) is 3.31. The van der Waals surface area contributed by atoms with Crippen LogP contribution in [-0.2, 0) is 16.0 Å². The van der Waals surface area contributed by atoms with Gasteiger partial charge in [-0.05, 0) is 24.6 Å². The zero-order valence-electron chi connectivity index (χ0n) is 15.7. The van der Waals surface area contributed by atoms with E-state index >= 15 is 0 Å². The highest BCUT2D eigenvalue weighted by atomic mass is 16.3. The number of carbonyl (C=O) groups is 3. The molecule has 4 rings (SSSR count). The number of likely N-dealkylation sites (N-methyl/N-ethyl adjacent to an activating group) is 1. The third kappa shape index (κ3) is 3.58. The van der Waals surface area contributed by atoms with Gasteiger partial charge in [0.2, 0.25) is 11.5 Å². The monoisotopic (exact) mass is 393 g/mol. The van der Waals surface area contributed by atoms with Crippen LogP contribution >= 0.6 is 0 Å². The number of aromatic nitrogens is 2. The van der Waals surface area contributed by atoms with Gasteiger partial charge in [-0.1, -0.05) is 17.9 Å². The lowest BCUT2D eigenvalue weighted by atomic mass is 10.0. The molecule has 9 nitrogen and oxygen atoms in total. The quantitative estimate of drug-likeness (QED) is 0.552. The summed E-state index contributed by atoms with van der Waals surface area (Å²) in [5.41, 5.74) is 0.562. The fraction of sp³-hybridized carbons (Fsp3) is 0.300. The summed E-state index contributed by atoms with van der Waals surface area (Å²) in [5.74, 6) is 4.40. The van der Waals surface area contributed by atoms with Gasteiger partial charge in [-0.3, -0.25) is 19.5 Å². The van der Waals surface area contributed by atoms with Gasteiger partial charge < -0.3 is 20.6 Å². The molecule has 1 saturated heterocycles. The van der Waals surface area contributed by atoms with Crippen molar-refractivity contribution in [3.63, 3.8) is 0 Å². The van der Waals surface area contributed by atoms with E-state index in [0.29, 0.717) is 42.0 Å².